The molecule has 0 saturated heterocycles. The molecule has 0 aliphatic heterocycles. The molecule has 5 N–H and O–H groups in total. The third kappa shape index (κ3) is 7.07. The van der Waals surface area contributed by atoms with Crippen LogP contribution in [0, 0.1) is 0 Å². The first kappa shape index (κ1) is 14.1. The molecule has 0 spiro atoms. The molecule has 1 aromatic rings. The zero-order valence-electron chi connectivity index (χ0n) is 8.19. The van der Waals surface area contributed by atoms with Crippen LogP contribution in [-0.4, -0.2) is 45.8 Å². The lowest BCUT2D eigenvalue weighted by atomic mass is 10.0. The van der Waals surface area contributed by atoms with Gasteiger partial charge in [0.1, 0.15) is 0 Å². The van der Waals surface area contributed by atoms with Crippen LogP contribution in [0.4, 0.5) is 0 Å². The Bertz CT molecular complexity index is 235. The minimum absolute atomic E-state index is 0.000509. The summed E-state index contributed by atoms with van der Waals surface area (Å²) in [4.78, 5) is 0. The third-order valence-electron chi connectivity index (χ3n) is 1.71. The van der Waals surface area contributed by atoms with E-state index in [4.69, 9.17) is 25.3 Å². The first-order valence-corrected chi connectivity index (χ1v) is 4.42. The normalized spacial score (nSPS) is 9.47. The van der Waals surface area contributed by atoms with Gasteiger partial charge in [-0.05, 0) is 5.56 Å². The van der Waals surface area contributed by atoms with Crippen LogP contribution in [0.3, 0.4) is 0 Å². The molecule has 15 heavy (non-hydrogen) atoms. The standard InChI is InChI=1S/C9H12O2.BH3O3/c10-6-9(7-11)8-4-2-1-3-5-8;2-1(3)4/h1-5,9-11H,6-7H2;2-4H. The van der Waals surface area contributed by atoms with Gasteiger partial charge in [0.05, 0.1) is 13.2 Å². The molecule has 0 radical (unpaired) electrons. The van der Waals surface area contributed by atoms with Crippen molar-refractivity contribution in [2.45, 2.75) is 5.92 Å². The Labute approximate surface area is 88.4 Å². The van der Waals surface area contributed by atoms with Gasteiger partial charge in [-0.15, -0.1) is 0 Å². The van der Waals surface area contributed by atoms with E-state index in [9.17, 15) is 0 Å². The number of hydrogen-bond donors (Lipinski definition) is 5. The van der Waals surface area contributed by atoms with Crippen molar-refractivity contribution in [3.05, 3.63) is 35.9 Å². The molecule has 5 nitrogen and oxygen atoms in total. The summed E-state index contributed by atoms with van der Waals surface area (Å²) in [5.41, 5.74) is 0.984. The van der Waals surface area contributed by atoms with E-state index in [0.717, 1.165) is 5.56 Å². The highest BCUT2D eigenvalue weighted by Crippen LogP contribution is 2.12. The van der Waals surface area contributed by atoms with E-state index in [1.54, 1.807) is 0 Å². The molecule has 0 atom stereocenters. The Morgan fingerprint density at radius 3 is 1.67 bits per heavy atom. The molecule has 6 heteroatoms. The summed E-state index contributed by atoms with van der Waals surface area (Å²) in [7, 11) is -2.17. The van der Waals surface area contributed by atoms with Gasteiger partial charge in [0.2, 0.25) is 0 Å². The molecule has 0 saturated carbocycles. The van der Waals surface area contributed by atoms with Crippen LogP contribution >= 0.6 is 0 Å². The average Bonchev–Trinajstić information content (AvgIpc) is 2.20. The van der Waals surface area contributed by atoms with Crippen LogP contribution in [0.15, 0.2) is 30.3 Å². The molecular formula is C9H15BO5. The third-order valence-corrected chi connectivity index (χ3v) is 1.71. The van der Waals surface area contributed by atoms with E-state index in [-0.39, 0.29) is 19.1 Å². The van der Waals surface area contributed by atoms with Crippen LogP contribution in [0.5, 0.6) is 0 Å². The number of benzene rings is 1. The maximum Gasteiger partial charge on any atom is 0.631 e. The average molecular weight is 214 g/mol. The molecule has 0 fully saturated rings. The summed E-state index contributed by atoms with van der Waals surface area (Å²) in [6.07, 6.45) is 0. The Morgan fingerprint density at radius 1 is 0.933 bits per heavy atom. The highest BCUT2D eigenvalue weighted by molar-refractivity contribution is 6.30. The lowest BCUT2D eigenvalue weighted by Gasteiger charge is -2.09. The summed E-state index contributed by atoms with van der Waals surface area (Å²) in [5.74, 6) is -0.129. The molecule has 0 bridgehead atoms. The molecule has 0 unspecified atom stereocenters. The van der Waals surface area contributed by atoms with Gasteiger partial charge in [-0.1, -0.05) is 30.3 Å². The SMILES string of the molecule is OB(O)O.OCC(CO)c1ccccc1. The predicted molar refractivity (Wildman–Crippen MR) is 55.8 cm³/mol. The summed E-state index contributed by atoms with van der Waals surface area (Å²) < 4.78 is 0. The van der Waals surface area contributed by atoms with Gasteiger partial charge >= 0.3 is 7.32 Å². The smallest absolute Gasteiger partial charge is 0.402 e. The Balaban J connectivity index is 0.000000423. The number of rotatable bonds is 3. The largest absolute Gasteiger partial charge is 0.631 e. The highest BCUT2D eigenvalue weighted by Gasteiger charge is 2.06. The first-order valence-electron chi connectivity index (χ1n) is 4.42. The molecule has 1 aromatic carbocycles. The summed E-state index contributed by atoms with van der Waals surface area (Å²) in [5, 5.41) is 39.1. The van der Waals surface area contributed by atoms with Crippen molar-refractivity contribution in [1.29, 1.82) is 0 Å². The molecule has 0 amide bonds. The number of aliphatic hydroxyl groups is 2. The van der Waals surface area contributed by atoms with E-state index in [2.05, 4.69) is 0 Å². The molecule has 0 aliphatic carbocycles. The molecule has 0 aliphatic rings. The van der Waals surface area contributed by atoms with Crippen LogP contribution in [0.1, 0.15) is 11.5 Å². The van der Waals surface area contributed by atoms with Crippen LogP contribution in [0.2, 0.25) is 0 Å². The minimum atomic E-state index is -2.17. The quantitative estimate of drug-likeness (QED) is 0.403. The van der Waals surface area contributed by atoms with Gasteiger partial charge in [0.25, 0.3) is 0 Å². The van der Waals surface area contributed by atoms with Gasteiger partial charge in [-0.3, -0.25) is 0 Å². The maximum atomic E-state index is 8.82. The Morgan fingerprint density at radius 2 is 1.33 bits per heavy atom. The van der Waals surface area contributed by atoms with Gasteiger partial charge in [0.15, 0.2) is 0 Å². The van der Waals surface area contributed by atoms with E-state index in [1.165, 1.54) is 0 Å². The monoisotopic (exact) mass is 214 g/mol. The van der Waals surface area contributed by atoms with E-state index < -0.39 is 7.32 Å². The second kappa shape index (κ2) is 8.40. The molecule has 1 rings (SSSR count). The second-order valence-corrected chi connectivity index (χ2v) is 2.82. The Hall–Kier alpha value is -0.915. The zero-order valence-corrected chi connectivity index (χ0v) is 8.19. The van der Waals surface area contributed by atoms with Crippen molar-refractivity contribution in [2.75, 3.05) is 13.2 Å². The fraction of sp³-hybridized carbons (Fsp3) is 0.333. The van der Waals surface area contributed by atoms with Gasteiger partial charge in [-0.2, -0.15) is 0 Å². The molecule has 0 heterocycles. The van der Waals surface area contributed by atoms with Crippen molar-refractivity contribution < 1.29 is 25.3 Å². The second-order valence-electron chi connectivity index (χ2n) is 2.82. The van der Waals surface area contributed by atoms with Crippen molar-refractivity contribution in [3.8, 4) is 0 Å². The number of aliphatic hydroxyl groups excluding tert-OH is 2. The van der Waals surface area contributed by atoms with Gasteiger partial charge in [-0.25, -0.2) is 0 Å². The zero-order chi connectivity index (χ0) is 11.7. The number of hydrogen-bond acceptors (Lipinski definition) is 5. The van der Waals surface area contributed by atoms with Crippen LogP contribution < -0.4 is 0 Å². The lowest BCUT2D eigenvalue weighted by Crippen LogP contribution is -2.08. The Kier molecular flexibility index (Phi) is 7.89. The summed E-state index contributed by atoms with van der Waals surface area (Å²) >= 11 is 0. The summed E-state index contributed by atoms with van der Waals surface area (Å²) in [6, 6.07) is 9.50. The van der Waals surface area contributed by atoms with Crippen molar-refractivity contribution in [3.63, 3.8) is 0 Å². The van der Waals surface area contributed by atoms with Gasteiger partial charge in [0, 0.05) is 5.92 Å². The van der Waals surface area contributed by atoms with Gasteiger partial charge < -0.3 is 25.3 Å². The fourth-order valence-electron chi connectivity index (χ4n) is 0.994. The lowest BCUT2D eigenvalue weighted by molar-refractivity contribution is 0.192. The van der Waals surface area contributed by atoms with Crippen LogP contribution in [-0.2, 0) is 0 Å². The molecule has 0 aromatic heterocycles. The van der Waals surface area contributed by atoms with E-state index >= 15 is 0 Å². The fourth-order valence-corrected chi connectivity index (χ4v) is 0.994. The highest BCUT2D eigenvalue weighted by atomic mass is 16.5. The van der Waals surface area contributed by atoms with E-state index in [1.807, 2.05) is 30.3 Å². The van der Waals surface area contributed by atoms with E-state index in [0.29, 0.717) is 0 Å². The summed E-state index contributed by atoms with van der Waals surface area (Å²) in [6.45, 7) is 0.00102. The van der Waals surface area contributed by atoms with Crippen molar-refractivity contribution >= 4 is 7.32 Å². The van der Waals surface area contributed by atoms with Crippen molar-refractivity contribution in [2.24, 2.45) is 0 Å². The van der Waals surface area contributed by atoms with Crippen molar-refractivity contribution in [1.82, 2.24) is 0 Å². The topological polar surface area (TPSA) is 101 Å². The molecular weight excluding hydrogens is 199 g/mol. The minimum Gasteiger partial charge on any atom is -0.402 e. The van der Waals surface area contributed by atoms with Crippen LogP contribution in [0.25, 0.3) is 0 Å². The predicted octanol–water partition coefficient (Wildman–Crippen LogP) is -1.30. The maximum absolute atomic E-state index is 8.82. The molecule has 84 valence electrons. The first-order chi connectivity index (χ1) is 7.11.